The van der Waals surface area contributed by atoms with Crippen molar-refractivity contribution < 1.29 is 13.9 Å². The quantitative estimate of drug-likeness (QED) is 0.876. The van der Waals surface area contributed by atoms with Crippen LogP contribution in [0.15, 0.2) is 40.9 Å². The maximum Gasteiger partial charge on any atom is 0.128 e. The molecule has 0 spiro atoms. The van der Waals surface area contributed by atoms with Crippen molar-refractivity contribution in [3.8, 4) is 11.5 Å². The van der Waals surface area contributed by atoms with Gasteiger partial charge in [-0.05, 0) is 25.1 Å². The number of methoxy groups -OCH3 is 1. The van der Waals surface area contributed by atoms with Crippen LogP contribution in [0.3, 0.4) is 0 Å². The molecule has 21 heavy (non-hydrogen) atoms. The molecule has 0 unspecified atom stereocenters. The second kappa shape index (κ2) is 6.91. The molecule has 1 atom stereocenters. The molecule has 0 aromatic heterocycles. The number of nitrogens with two attached hydrogens (primary N) is 1. The van der Waals surface area contributed by atoms with Gasteiger partial charge in [-0.1, -0.05) is 28.1 Å². The molecule has 0 saturated heterocycles. The van der Waals surface area contributed by atoms with Gasteiger partial charge < -0.3 is 15.2 Å². The Morgan fingerprint density at radius 1 is 1.24 bits per heavy atom. The fraction of sp³-hybridized carbons (Fsp3) is 0.250. The Hall–Kier alpha value is -1.59. The number of rotatable bonds is 5. The Morgan fingerprint density at radius 2 is 2.00 bits per heavy atom. The van der Waals surface area contributed by atoms with Crippen molar-refractivity contribution in [3.63, 3.8) is 0 Å². The summed E-state index contributed by atoms with van der Waals surface area (Å²) < 4.78 is 24.8. The minimum absolute atomic E-state index is 0.150. The lowest BCUT2D eigenvalue weighted by Gasteiger charge is -2.16. The average Bonchev–Trinajstić information content (AvgIpc) is 2.45. The maximum atomic E-state index is 13.1. The van der Waals surface area contributed by atoms with Crippen molar-refractivity contribution >= 4 is 15.9 Å². The fourth-order valence-electron chi connectivity index (χ4n) is 1.94. The molecular weight excluding hydrogens is 337 g/mol. The monoisotopic (exact) mass is 353 g/mol. The van der Waals surface area contributed by atoms with Crippen LogP contribution in [0.2, 0.25) is 0 Å². The van der Waals surface area contributed by atoms with E-state index in [1.807, 2.05) is 19.1 Å². The third-order valence-electron chi connectivity index (χ3n) is 3.11. The van der Waals surface area contributed by atoms with Crippen LogP contribution in [0, 0.1) is 5.82 Å². The third-order valence-corrected chi connectivity index (χ3v) is 3.85. The van der Waals surface area contributed by atoms with E-state index < -0.39 is 0 Å². The summed E-state index contributed by atoms with van der Waals surface area (Å²) in [4.78, 5) is 0. The largest absolute Gasteiger partial charge is 0.497 e. The van der Waals surface area contributed by atoms with Gasteiger partial charge in [0, 0.05) is 27.7 Å². The molecule has 0 aliphatic carbocycles. The highest BCUT2D eigenvalue weighted by atomic mass is 79.9. The first-order chi connectivity index (χ1) is 10.0. The smallest absolute Gasteiger partial charge is 0.128 e. The molecule has 0 heterocycles. The molecule has 0 aliphatic heterocycles. The van der Waals surface area contributed by atoms with E-state index in [2.05, 4.69) is 15.9 Å². The predicted octanol–water partition coefficient (Wildman–Crippen LogP) is 4.20. The summed E-state index contributed by atoms with van der Waals surface area (Å²) >= 11 is 3.33. The fourth-order valence-corrected chi connectivity index (χ4v) is 2.40. The van der Waals surface area contributed by atoms with Gasteiger partial charge >= 0.3 is 0 Å². The van der Waals surface area contributed by atoms with Crippen LogP contribution >= 0.6 is 15.9 Å². The number of halogens is 2. The van der Waals surface area contributed by atoms with Crippen LogP contribution in [-0.4, -0.2) is 7.11 Å². The van der Waals surface area contributed by atoms with Crippen LogP contribution in [0.4, 0.5) is 4.39 Å². The summed E-state index contributed by atoms with van der Waals surface area (Å²) in [6.45, 7) is 2.20. The average molecular weight is 354 g/mol. The Morgan fingerprint density at radius 3 is 2.62 bits per heavy atom. The molecule has 5 heteroatoms. The number of hydrogen-bond donors (Lipinski definition) is 1. The van der Waals surface area contributed by atoms with E-state index in [4.69, 9.17) is 15.2 Å². The van der Waals surface area contributed by atoms with Crippen LogP contribution in [0.5, 0.6) is 11.5 Å². The Labute approximate surface area is 132 Å². The second-order valence-electron chi connectivity index (χ2n) is 4.72. The van der Waals surface area contributed by atoms with Gasteiger partial charge in [0.1, 0.15) is 23.9 Å². The highest BCUT2D eigenvalue weighted by Crippen LogP contribution is 2.30. The number of benzene rings is 2. The lowest BCUT2D eigenvalue weighted by atomic mass is 10.1. The Balaban J connectivity index is 2.22. The highest BCUT2D eigenvalue weighted by Gasteiger charge is 2.11. The van der Waals surface area contributed by atoms with E-state index >= 15 is 0 Å². The second-order valence-corrected chi connectivity index (χ2v) is 5.57. The van der Waals surface area contributed by atoms with E-state index in [0.717, 1.165) is 11.1 Å². The molecule has 0 aliphatic rings. The first-order valence-electron chi connectivity index (χ1n) is 6.51. The number of hydrogen-bond acceptors (Lipinski definition) is 3. The molecule has 0 saturated carbocycles. The van der Waals surface area contributed by atoms with Crippen LogP contribution < -0.4 is 15.2 Å². The lowest BCUT2D eigenvalue weighted by molar-refractivity contribution is 0.298. The maximum absolute atomic E-state index is 13.1. The molecule has 3 nitrogen and oxygen atoms in total. The normalized spacial score (nSPS) is 12.0. The summed E-state index contributed by atoms with van der Waals surface area (Å²) in [5.74, 6) is 1.08. The molecular formula is C16H17BrFNO2. The zero-order valence-corrected chi connectivity index (χ0v) is 13.5. The van der Waals surface area contributed by atoms with E-state index in [-0.39, 0.29) is 11.9 Å². The first-order valence-corrected chi connectivity index (χ1v) is 7.31. The van der Waals surface area contributed by atoms with Crippen molar-refractivity contribution in [2.24, 2.45) is 5.73 Å². The highest BCUT2D eigenvalue weighted by molar-refractivity contribution is 9.10. The van der Waals surface area contributed by atoms with E-state index in [9.17, 15) is 4.39 Å². The van der Waals surface area contributed by atoms with Crippen LogP contribution in [0.25, 0.3) is 0 Å². The SMILES string of the molecule is COc1ccc([C@@H](C)N)c(OCc2ccc(F)cc2Br)c1. The lowest BCUT2D eigenvalue weighted by Crippen LogP contribution is -2.08. The molecule has 2 N–H and O–H groups in total. The molecule has 2 aromatic rings. The summed E-state index contributed by atoms with van der Waals surface area (Å²) in [5.41, 5.74) is 7.70. The molecule has 0 amide bonds. The first kappa shape index (κ1) is 15.8. The van der Waals surface area contributed by atoms with Crippen molar-refractivity contribution in [1.82, 2.24) is 0 Å². The topological polar surface area (TPSA) is 44.5 Å². The molecule has 0 radical (unpaired) electrons. The zero-order chi connectivity index (χ0) is 15.4. The van der Waals surface area contributed by atoms with Gasteiger partial charge in [0.25, 0.3) is 0 Å². The van der Waals surface area contributed by atoms with Gasteiger partial charge in [-0.25, -0.2) is 4.39 Å². The van der Waals surface area contributed by atoms with Gasteiger partial charge in [-0.2, -0.15) is 0 Å². The van der Waals surface area contributed by atoms with E-state index in [0.29, 0.717) is 22.6 Å². The van der Waals surface area contributed by atoms with Crippen molar-refractivity contribution in [2.75, 3.05) is 7.11 Å². The van der Waals surface area contributed by atoms with Gasteiger partial charge in [-0.15, -0.1) is 0 Å². The Kier molecular flexibility index (Phi) is 5.20. The minimum atomic E-state index is -0.289. The summed E-state index contributed by atoms with van der Waals surface area (Å²) in [7, 11) is 1.60. The number of ether oxygens (including phenoxy) is 2. The van der Waals surface area contributed by atoms with Crippen molar-refractivity contribution in [3.05, 3.63) is 57.8 Å². The van der Waals surface area contributed by atoms with Crippen molar-refractivity contribution in [2.45, 2.75) is 19.6 Å². The summed E-state index contributed by atoms with van der Waals surface area (Å²) in [5, 5.41) is 0. The molecule has 0 bridgehead atoms. The van der Waals surface area contributed by atoms with Crippen LogP contribution in [0.1, 0.15) is 24.1 Å². The third kappa shape index (κ3) is 3.95. The predicted molar refractivity (Wildman–Crippen MR) is 84.0 cm³/mol. The van der Waals surface area contributed by atoms with Gasteiger partial charge in [0.05, 0.1) is 7.11 Å². The van der Waals surface area contributed by atoms with Gasteiger partial charge in [0.2, 0.25) is 0 Å². The molecule has 2 rings (SSSR count). The zero-order valence-electron chi connectivity index (χ0n) is 11.9. The summed E-state index contributed by atoms with van der Waals surface area (Å²) in [6.07, 6.45) is 0. The van der Waals surface area contributed by atoms with Gasteiger partial charge in [-0.3, -0.25) is 0 Å². The minimum Gasteiger partial charge on any atom is -0.497 e. The van der Waals surface area contributed by atoms with E-state index in [1.54, 1.807) is 19.2 Å². The van der Waals surface area contributed by atoms with Gasteiger partial charge in [0.15, 0.2) is 0 Å². The van der Waals surface area contributed by atoms with Crippen molar-refractivity contribution in [1.29, 1.82) is 0 Å². The summed E-state index contributed by atoms with van der Waals surface area (Å²) in [6, 6.07) is 9.89. The molecule has 2 aromatic carbocycles. The molecule has 0 fully saturated rings. The van der Waals surface area contributed by atoms with E-state index in [1.165, 1.54) is 12.1 Å². The molecule has 112 valence electrons. The van der Waals surface area contributed by atoms with Crippen LogP contribution in [-0.2, 0) is 6.61 Å². The standard InChI is InChI=1S/C16H17BrFNO2/c1-10(19)14-6-5-13(20-2)8-16(14)21-9-11-3-4-12(18)7-15(11)17/h3-8,10H,9,19H2,1-2H3/t10-/m1/s1. The Bertz CT molecular complexity index is 632.